The van der Waals surface area contributed by atoms with Crippen molar-refractivity contribution in [3.63, 3.8) is 0 Å². The Kier molecular flexibility index (Phi) is 10.3. The summed E-state index contributed by atoms with van der Waals surface area (Å²) in [5.74, 6) is -3.09. The molecular formula is C29H29ClN2O9S. The second kappa shape index (κ2) is 13.9. The van der Waals surface area contributed by atoms with E-state index in [4.69, 9.17) is 35.3 Å². The molecule has 0 amide bonds. The first-order valence-electron chi connectivity index (χ1n) is 12.9. The fourth-order valence-corrected chi connectivity index (χ4v) is 5.91. The standard InChI is InChI=1S/C29H29ClN2O9S/c1-15(33)37-14-23-27(38-16(2)34)29(40-18(4)36)28(39-17(3)35)26(41-23)19-7-8-21(30)20(12-19)25(24-6-5-11-42-24)22-13-31-9-10-32-22/h5-13,23,25-29H,14H2,1-4H3/t23-,25?,26+,27-,28+,29+/m1/s1. The number of hydrogen-bond donors (Lipinski definition) is 0. The van der Waals surface area contributed by atoms with E-state index < -0.39 is 60.3 Å². The van der Waals surface area contributed by atoms with Crippen LogP contribution in [0.15, 0.2) is 54.3 Å². The van der Waals surface area contributed by atoms with E-state index >= 15 is 0 Å². The summed E-state index contributed by atoms with van der Waals surface area (Å²) in [6.07, 6.45) is -1.09. The summed E-state index contributed by atoms with van der Waals surface area (Å²) >= 11 is 8.28. The van der Waals surface area contributed by atoms with E-state index in [1.807, 2.05) is 17.5 Å². The fraction of sp³-hybridized carbons (Fsp3) is 0.379. The lowest BCUT2D eigenvalue weighted by molar-refractivity contribution is -0.254. The van der Waals surface area contributed by atoms with Crippen LogP contribution in [-0.4, -0.2) is 64.9 Å². The van der Waals surface area contributed by atoms with Crippen molar-refractivity contribution in [2.75, 3.05) is 6.61 Å². The van der Waals surface area contributed by atoms with Gasteiger partial charge in [-0.25, -0.2) is 0 Å². The smallest absolute Gasteiger partial charge is 0.303 e. The van der Waals surface area contributed by atoms with Crippen LogP contribution in [0.2, 0.25) is 5.02 Å². The highest BCUT2D eigenvalue weighted by Gasteiger charge is 2.52. The van der Waals surface area contributed by atoms with Gasteiger partial charge in [0.1, 0.15) is 18.8 Å². The van der Waals surface area contributed by atoms with Gasteiger partial charge >= 0.3 is 23.9 Å². The molecule has 0 radical (unpaired) electrons. The van der Waals surface area contributed by atoms with Gasteiger partial charge in [-0.1, -0.05) is 29.8 Å². The summed E-state index contributed by atoms with van der Waals surface area (Å²) in [4.78, 5) is 57.9. The molecule has 0 spiro atoms. The van der Waals surface area contributed by atoms with Crippen molar-refractivity contribution in [3.05, 3.63) is 81.0 Å². The molecule has 1 unspecified atom stereocenters. The van der Waals surface area contributed by atoms with Gasteiger partial charge in [-0.2, -0.15) is 0 Å². The number of halogens is 1. The molecule has 1 aromatic carbocycles. The molecule has 4 rings (SSSR count). The molecule has 222 valence electrons. The Morgan fingerprint density at radius 1 is 0.929 bits per heavy atom. The number of carbonyl (C=O) groups is 4. The number of ether oxygens (including phenoxy) is 5. The lowest BCUT2D eigenvalue weighted by Crippen LogP contribution is -2.59. The maximum Gasteiger partial charge on any atom is 0.303 e. The minimum Gasteiger partial charge on any atom is -0.463 e. The van der Waals surface area contributed by atoms with Gasteiger partial charge in [0.15, 0.2) is 18.3 Å². The molecule has 1 saturated heterocycles. The zero-order valence-corrected chi connectivity index (χ0v) is 24.8. The van der Waals surface area contributed by atoms with Crippen LogP contribution >= 0.6 is 22.9 Å². The molecule has 0 saturated carbocycles. The summed E-state index contributed by atoms with van der Waals surface area (Å²) < 4.78 is 28.2. The van der Waals surface area contributed by atoms with Crippen LogP contribution in [0.3, 0.4) is 0 Å². The van der Waals surface area contributed by atoms with E-state index in [9.17, 15) is 19.2 Å². The zero-order chi connectivity index (χ0) is 30.4. The van der Waals surface area contributed by atoms with Crippen molar-refractivity contribution in [2.24, 2.45) is 0 Å². The van der Waals surface area contributed by atoms with Crippen LogP contribution < -0.4 is 0 Å². The molecular weight excluding hydrogens is 588 g/mol. The number of hydrogen-bond acceptors (Lipinski definition) is 12. The molecule has 3 heterocycles. The summed E-state index contributed by atoms with van der Waals surface area (Å²) in [6, 6.07) is 9.04. The topological polar surface area (TPSA) is 140 Å². The number of thiophene rings is 1. The van der Waals surface area contributed by atoms with Gasteiger partial charge in [0, 0.05) is 56.2 Å². The number of nitrogens with zero attached hydrogens (tertiary/aromatic N) is 2. The molecule has 1 aliphatic heterocycles. The molecule has 0 N–H and O–H groups in total. The third-order valence-corrected chi connectivity index (χ3v) is 7.64. The Hall–Kier alpha value is -3.87. The van der Waals surface area contributed by atoms with Gasteiger partial charge in [0.05, 0.1) is 11.6 Å². The fourth-order valence-electron chi connectivity index (χ4n) is 4.83. The van der Waals surface area contributed by atoms with Crippen molar-refractivity contribution in [1.82, 2.24) is 9.97 Å². The minimum atomic E-state index is -1.29. The number of aromatic nitrogens is 2. The van der Waals surface area contributed by atoms with Gasteiger partial charge in [0.25, 0.3) is 0 Å². The molecule has 6 atom stereocenters. The third-order valence-electron chi connectivity index (χ3n) is 6.36. The van der Waals surface area contributed by atoms with E-state index in [-0.39, 0.29) is 6.61 Å². The SMILES string of the molecule is CC(=O)OC[C@H]1O[C@@H](c2ccc(Cl)c(C(c3cnccn3)c3cccs3)c2)[C@H](OC(C)=O)[C@@H](OC(C)=O)[C@@H]1OC(C)=O. The summed E-state index contributed by atoms with van der Waals surface area (Å²) in [5.41, 5.74) is 1.84. The molecule has 2 aromatic heterocycles. The lowest BCUT2D eigenvalue weighted by Gasteiger charge is -2.44. The van der Waals surface area contributed by atoms with Crippen molar-refractivity contribution in [2.45, 2.75) is 64.1 Å². The Balaban J connectivity index is 1.85. The molecule has 3 aromatic rings. The maximum atomic E-state index is 12.3. The van der Waals surface area contributed by atoms with Crippen molar-refractivity contribution in [1.29, 1.82) is 0 Å². The highest BCUT2D eigenvalue weighted by atomic mass is 35.5. The highest BCUT2D eigenvalue weighted by Crippen LogP contribution is 2.42. The van der Waals surface area contributed by atoms with E-state index in [1.165, 1.54) is 39.0 Å². The van der Waals surface area contributed by atoms with Crippen molar-refractivity contribution < 1.29 is 42.9 Å². The third kappa shape index (κ3) is 7.50. The van der Waals surface area contributed by atoms with Crippen LogP contribution in [0.5, 0.6) is 0 Å². The van der Waals surface area contributed by atoms with Crippen molar-refractivity contribution >= 4 is 46.8 Å². The van der Waals surface area contributed by atoms with Gasteiger partial charge in [0.2, 0.25) is 0 Å². The number of carbonyl (C=O) groups excluding carboxylic acids is 4. The zero-order valence-electron chi connectivity index (χ0n) is 23.2. The molecule has 1 fully saturated rings. The predicted octanol–water partition coefficient (Wildman–Crippen LogP) is 4.17. The summed E-state index contributed by atoms with van der Waals surface area (Å²) in [6.45, 7) is 4.43. The minimum absolute atomic E-state index is 0.327. The monoisotopic (exact) mass is 616 g/mol. The first-order chi connectivity index (χ1) is 20.0. The Bertz CT molecular complexity index is 1420. The molecule has 42 heavy (non-hydrogen) atoms. The van der Waals surface area contributed by atoms with Gasteiger partial charge in [-0.05, 0) is 28.6 Å². The molecule has 13 heteroatoms. The number of esters is 4. The summed E-state index contributed by atoms with van der Waals surface area (Å²) in [5, 5.41) is 2.38. The molecule has 11 nitrogen and oxygen atoms in total. The van der Waals surface area contributed by atoms with E-state index in [2.05, 4.69) is 9.97 Å². The largest absolute Gasteiger partial charge is 0.463 e. The lowest BCUT2D eigenvalue weighted by atomic mass is 9.87. The van der Waals surface area contributed by atoms with Crippen LogP contribution in [0.4, 0.5) is 0 Å². The van der Waals surface area contributed by atoms with Gasteiger partial charge in [-0.3, -0.25) is 29.1 Å². The molecule has 1 aliphatic rings. The Morgan fingerprint density at radius 2 is 1.62 bits per heavy atom. The average molecular weight is 617 g/mol. The summed E-state index contributed by atoms with van der Waals surface area (Å²) in [7, 11) is 0. The normalized spacial score (nSPS) is 22.5. The molecule has 0 bridgehead atoms. The van der Waals surface area contributed by atoms with Gasteiger partial charge in [-0.15, -0.1) is 11.3 Å². The Morgan fingerprint density at radius 3 is 2.21 bits per heavy atom. The van der Waals surface area contributed by atoms with E-state index in [0.717, 1.165) is 4.88 Å². The number of rotatable bonds is 9. The number of benzene rings is 1. The first kappa shape index (κ1) is 31.1. The van der Waals surface area contributed by atoms with Crippen LogP contribution in [0.25, 0.3) is 0 Å². The highest BCUT2D eigenvalue weighted by molar-refractivity contribution is 7.10. The second-order valence-electron chi connectivity index (χ2n) is 9.48. The Labute approximate surface area is 251 Å². The maximum absolute atomic E-state index is 12.3. The van der Waals surface area contributed by atoms with Crippen LogP contribution in [0, 0.1) is 0 Å². The quantitative estimate of drug-likeness (QED) is 0.253. The van der Waals surface area contributed by atoms with Crippen LogP contribution in [0.1, 0.15) is 61.4 Å². The van der Waals surface area contributed by atoms with E-state index in [0.29, 0.717) is 21.8 Å². The average Bonchev–Trinajstić information content (AvgIpc) is 3.45. The first-order valence-corrected chi connectivity index (χ1v) is 14.2. The molecule has 0 aliphatic carbocycles. The van der Waals surface area contributed by atoms with Crippen LogP contribution in [-0.2, 0) is 42.9 Å². The second-order valence-corrected chi connectivity index (χ2v) is 10.9. The predicted molar refractivity (Wildman–Crippen MR) is 150 cm³/mol. The van der Waals surface area contributed by atoms with Gasteiger partial charge < -0.3 is 23.7 Å². The van der Waals surface area contributed by atoms with E-state index in [1.54, 1.807) is 36.8 Å². The van der Waals surface area contributed by atoms with Crippen molar-refractivity contribution in [3.8, 4) is 0 Å².